The summed E-state index contributed by atoms with van der Waals surface area (Å²) in [4.78, 5) is 11.7. The Balaban J connectivity index is 2.01. The average molecular weight is 257 g/mol. The summed E-state index contributed by atoms with van der Waals surface area (Å²) in [5.74, 6) is 0.490. The van der Waals surface area contributed by atoms with Gasteiger partial charge in [-0.25, -0.2) is 4.79 Å². The molecule has 98 valence electrons. The maximum atomic E-state index is 11.7. The summed E-state index contributed by atoms with van der Waals surface area (Å²) in [6, 6.07) is 14.1. The minimum absolute atomic E-state index is 0.0133. The topological polar surface area (TPSA) is 58.6 Å². The number of hydrogen-bond acceptors (Lipinski definition) is 3. The fraction of sp³-hybridized carbons (Fsp3) is 0.133. The van der Waals surface area contributed by atoms with Crippen molar-refractivity contribution >= 4 is 11.8 Å². The van der Waals surface area contributed by atoms with Crippen molar-refractivity contribution in [3.8, 4) is 5.75 Å². The summed E-state index contributed by atoms with van der Waals surface area (Å²) in [6.45, 7) is 1.86. The number of carbonyl (C=O) groups is 1. The second-order valence-electron chi connectivity index (χ2n) is 4.13. The number of ether oxygens (including phenoxy) is 1. The molecule has 0 bridgehead atoms. The van der Waals surface area contributed by atoms with E-state index in [1.165, 1.54) is 0 Å². The Labute approximate surface area is 111 Å². The third-order valence-corrected chi connectivity index (χ3v) is 2.71. The van der Waals surface area contributed by atoms with Crippen LogP contribution in [0, 0.1) is 6.92 Å². The number of hydrogen-bond donors (Lipinski definition) is 2. The summed E-state index contributed by atoms with van der Waals surface area (Å²) in [5, 5.41) is 11.7. The van der Waals surface area contributed by atoms with Crippen LogP contribution in [0.15, 0.2) is 48.5 Å². The van der Waals surface area contributed by atoms with Gasteiger partial charge in [0.2, 0.25) is 0 Å². The molecule has 19 heavy (non-hydrogen) atoms. The number of aryl methyl sites for hydroxylation is 1. The largest absolute Gasteiger partial charge is 0.417 e. The molecule has 0 aliphatic carbocycles. The Hall–Kier alpha value is -2.33. The monoisotopic (exact) mass is 257 g/mol. The first kappa shape index (κ1) is 13.1. The number of rotatable bonds is 3. The van der Waals surface area contributed by atoms with Crippen molar-refractivity contribution in [3.63, 3.8) is 0 Å². The molecular formula is C15H15NO3. The molecule has 4 nitrogen and oxygen atoms in total. The van der Waals surface area contributed by atoms with Gasteiger partial charge in [0.25, 0.3) is 0 Å². The maximum absolute atomic E-state index is 11.7. The standard InChI is InChI=1S/C15H15NO3/c1-11-9-13(8-7-12(11)10-17)16-15(18)19-14-5-3-2-4-6-14/h2-9,17H,10H2,1H3,(H,16,18). The van der Waals surface area contributed by atoms with E-state index in [2.05, 4.69) is 5.32 Å². The van der Waals surface area contributed by atoms with Gasteiger partial charge in [0.15, 0.2) is 0 Å². The van der Waals surface area contributed by atoms with Crippen LogP contribution in [0.25, 0.3) is 0 Å². The SMILES string of the molecule is Cc1cc(NC(=O)Oc2ccccc2)ccc1CO. The lowest BCUT2D eigenvalue weighted by Crippen LogP contribution is -2.16. The van der Waals surface area contributed by atoms with Crippen LogP contribution in [0.2, 0.25) is 0 Å². The minimum Gasteiger partial charge on any atom is -0.410 e. The molecule has 0 spiro atoms. The van der Waals surface area contributed by atoms with E-state index >= 15 is 0 Å². The van der Waals surface area contributed by atoms with E-state index in [0.717, 1.165) is 11.1 Å². The van der Waals surface area contributed by atoms with Gasteiger partial charge in [0, 0.05) is 5.69 Å². The van der Waals surface area contributed by atoms with Crippen molar-refractivity contribution in [3.05, 3.63) is 59.7 Å². The van der Waals surface area contributed by atoms with E-state index in [9.17, 15) is 4.79 Å². The third kappa shape index (κ3) is 3.56. The highest BCUT2D eigenvalue weighted by Crippen LogP contribution is 2.16. The Morgan fingerprint density at radius 1 is 1.21 bits per heavy atom. The van der Waals surface area contributed by atoms with Gasteiger partial charge < -0.3 is 9.84 Å². The lowest BCUT2D eigenvalue weighted by atomic mass is 10.1. The molecule has 0 aliphatic heterocycles. The number of nitrogens with one attached hydrogen (secondary N) is 1. The van der Waals surface area contributed by atoms with Gasteiger partial charge in [-0.2, -0.15) is 0 Å². The molecular weight excluding hydrogens is 242 g/mol. The quantitative estimate of drug-likeness (QED) is 0.888. The van der Waals surface area contributed by atoms with E-state index in [0.29, 0.717) is 11.4 Å². The number of para-hydroxylation sites is 1. The molecule has 0 heterocycles. The van der Waals surface area contributed by atoms with E-state index in [1.807, 2.05) is 13.0 Å². The van der Waals surface area contributed by atoms with Crippen LogP contribution in [0.3, 0.4) is 0 Å². The van der Waals surface area contributed by atoms with Crippen LogP contribution in [0.1, 0.15) is 11.1 Å². The first-order valence-electron chi connectivity index (χ1n) is 5.93. The molecule has 2 rings (SSSR count). The zero-order chi connectivity index (χ0) is 13.7. The van der Waals surface area contributed by atoms with Crippen molar-refractivity contribution in [2.75, 3.05) is 5.32 Å². The number of amides is 1. The normalized spacial score (nSPS) is 10.0. The van der Waals surface area contributed by atoms with E-state index < -0.39 is 6.09 Å². The smallest absolute Gasteiger partial charge is 0.410 e. The molecule has 1 amide bonds. The van der Waals surface area contributed by atoms with Crippen LogP contribution in [0.5, 0.6) is 5.75 Å². The number of benzene rings is 2. The summed E-state index contributed by atoms with van der Waals surface area (Å²) in [6.07, 6.45) is -0.539. The van der Waals surface area contributed by atoms with Gasteiger partial charge in [-0.15, -0.1) is 0 Å². The van der Waals surface area contributed by atoms with Gasteiger partial charge >= 0.3 is 6.09 Å². The van der Waals surface area contributed by atoms with E-state index in [1.54, 1.807) is 42.5 Å². The van der Waals surface area contributed by atoms with Crippen LogP contribution >= 0.6 is 0 Å². The first-order chi connectivity index (χ1) is 9.19. The van der Waals surface area contributed by atoms with Crippen LogP contribution in [-0.2, 0) is 6.61 Å². The Morgan fingerprint density at radius 2 is 1.95 bits per heavy atom. The molecule has 0 saturated heterocycles. The highest BCUT2D eigenvalue weighted by atomic mass is 16.6. The van der Waals surface area contributed by atoms with Crippen LogP contribution in [0.4, 0.5) is 10.5 Å². The minimum atomic E-state index is -0.539. The molecule has 0 radical (unpaired) electrons. The molecule has 0 aromatic heterocycles. The summed E-state index contributed by atoms with van der Waals surface area (Å²) >= 11 is 0. The highest BCUT2D eigenvalue weighted by molar-refractivity contribution is 5.86. The van der Waals surface area contributed by atoms with Crippen molar-refractivity contribution in [1.29, 1.82) is 0 Å². The predicted molar refractivity (Wildman–Crippen MR) is 73.2 cm³/mol. The van der Waals surface area contributed by atoms with Crippen molar-refractivity contribution in [1.82, 2.24) is 0 Å². The first-order valence-corrected chi connectivity index (χ1v) is 5.93. The fourth-order valence-corrected chi connectivity index (χ4v) is 1.69. The van der Waals surface area contributed by atoms with E-state index in [-0.39, 0.29) is 6.61 Å². The second kappa shape index (κ2) is 6.02. The summed E-state index contributed by atoms with van der Waals surface area (Å²) < 4.78 is 5.12. The van der Waals surface area contributed by atoms with Gasteiger partial charge in [-0.05, 0) is 42.3 Å². The number of carbonyl (C=O) groups excluding carboxylic acids is 1. The Morgan fingerprint density at radius 3 is 2.58 bits per heavy atom. The fourth-order valence-electron chi connectivity index (χ4n) is 1.69. The summed E-state index contributed by atoms with van der Waals surface area (Å²) in [5.41, 5.74) is 2.39. The zero-order valence-electron chi connectivity index (χ0n) is 10.6. The van der Waals surface area contributed by atoms with Gasteiger partial charge in [0.1, 0.15) is 5.75 Å². The molecule has 2 aromatic rings. The zero-order valence-corrected chi connectivity index (χ0v) is 10.6. The van der Waals surface area contributed by atoms with Crippen LogP contribution < -0.4 is 10.1 Å². The Kier molecular flexibility index (Phi) is 4.15. The van der Waals surface area contributed by atoms with Crippen molar-refractivity contribution in [2.24, 2.45) is 0 Å². The van der Waals surface area contributed by atoms with Gasteiger partial charge in [0.05, 0.1) is 6.61 Å². The third-order valence-electron chi connectivity index (χ3n) is 2.71. The average Bonchev–Trinajstić information content (AvgIpc) is 2.40. The van der Waals surface area contributed by atoms with Gasteiger partial charge in [-0.1, -0.05) is 24.3 Å². The lowest BCUT2D eigenvalue weighted by molar-refractivity contribution is 0.215. The maximum Gasteiger partial charge on any atom is 0.417 e. The molecule has 2 aromatic carbocycles. The Bertz CT molecular complexity index is 567. The molecule has 0 aliphatic rings. The predicted octanol–water partition coefficient (Wildman–Crippen LogP) is 3.10. The van der Waals surface area contributed by atoms with Gasteiger partial charge in [-0.3, -0.25) is 5.32 Å². The highest BCUT2D eigenvalue weighted by Gasteiger charge is 2.06. The number of anilines is 1. The second-order valence-corrected chi connectivity index (χ2v) is 4.13. The molecule has 0 unspecified atom stereocenters. The number of aliphatic hydroxyl groups excluding tert-OH is 1. The molecule has 0 atom stereocenters. The van der Waals surface area contributed by atoms with Crippen molar-refractivity contribution in [2.45, 2.75) is 13.5 Å². The lowest BCUT2D eigenvalue weighted by Gasteiger charge is -2.09. The molecule has 0 saturated carbocycles. The van der Waals surface area contributed by atoms with Crippen LogP contribution in [-0.4, -0.2) is 11.2 Å². The van der Waals surface area contributed by atoms with Crippen molar-refractivity contribution < 1.29 is 14.6 Å². The summed E-state index contributed by atoms with van der Waals surface area (Å²) in [7, 11) is 0. The molecule has 4 heteroatoms. The molecule has 2 N–H and O–H groups in total. The van der Waals surface area contributed by atoms with E-state index in [4.69, 9.17) is 9.84 Å². The number of aliphatic hydroxyl groups is 1. The molecule has 0 fully saturated rings.